The van der Waals surface area contributed by atoms with Crippen LogP contribution in [0.4, 0.5) is 0 Å². The average molecular weight is 467 g/mol. The molecule has 0 bridgehead atoms. The van der Waals surface area contributed by atoms with Gasteiger partial charge in [-0.05, 0) is 54.9 Å². The summed E-state index contributed by atoms with van der Waals surface area (Å²) < 4.78 is 0. The Bertz CT molecular complexity index is 889. The molecule has 1 heterocycles. The van der Waals surface area contributed by atoms with E-state index in [0.717, 1.165) is 16.5 Å². The summed E-state index contributed by atoms with van der Waals surface area (Å²) in [6.07, 6.45) is 6.62. The van der Waals surface area contributed by atoms with E-state index in [-0.39, 0.29) is 0 Å². The fraction of sp³-hybridized carbons (Fsp3) is 0.476. The number of para-hydroxylation sites is 1. The minimum absolute atomic E-state index is 0.311. The van der Waals surface area contributed by atoms with Crippen LogP contribution in [0.3, 0.4) is 0 Å². The normalized spacial score (nSPS) is 14.0. The topological polar surface area (TPSA) is 137 Å². The van der Waals surface area contributed by atoms with E-state index < -0.39 is 35.9 Å². The number of fused-ring (bicyclic) bond motifs is 1. The molecular weight excluding hydrogens is 436 g/mol. The lowest BCUT2D eigenvalue weighted by atomic mass is 10.0. The zero-order chi connectivity index (χ0) is 22.8. The Morgan fingerprint density at radius 2 is 1.65 bits per heavy atom. The molecule has 2 rings (SSSR count). The number of hydrogen-bond donors (Lipinski definition) is 5. The van der Waals surface area contributed by atoms with E-state index >= 15 is 0 Å². The fourth-order valence-electron chi connectivity index (χ4n) is 3.18. The van der Waals surface area contributed by atoms with Gasteiger partial charge in [-0.2, -0.15) is 23.5 Å². The molecular formula is C21H30N4O4S2. The van der Waals surface area contributed by atoms with Crippen molar-refractivity contribution in [3.8, 4) is 0 Å². The van der Waals surface area contributed by atoms with Gasteiger partial charge in [-0.1, -0.05) is 18.2 Å². The van der Waals surface area contributed by atoms with Gasteiger partial charge in [0.15, 0.2) is 0 Å². The molecule has 2 aromatic rings. The van der Waals surface area contributed by atoms with E-state index in [4.69, 9.17) is 5.73 Å². The number of thioether (sulfide) groups is 2. The summed E-state index contributed by atoms with van der Waals surface area (Å²) in [7, 11) is 0. The van der Waals surface area contributed by atoms with Crippen LogP contribution in [0.5, 0.6) is 0 Å². The number of carbonyl (C=O) groups excluding carboxylic acids is 2. The highest BCUT2D eigenvalue weighted by Gasteiger charge is 2.27. The predicted octanol–water partition coefficient (Wildman–Crippen LogP) is 1.60. The second kappa shape index (κ2) is 12.6. The number of rotatable bonds is 13. The molecule has 0 aliphatic heterocycles. The van der Waals surface area contributed by atoms with E-state index in [0.29, 0.717) is 30.8 Å². The van der Waals surface area contributed by atoms with Gasteiger partial charge in [0.2, 0.25) is 11.8 Å². The van der Waals surface area contributed by atoms with Crippen LogP contribution in [-0.4, -0.2) is 70.0 Å². The lowest BCUT2D eigenvalue weighted by Crippen LogP contribution is -2.55. The Kier molecular flexibility index (Phi) is 10.2. The molecule has 3 atom stereocenters. The quantitative estimate of drug-likeness (QED) is 0.302. The van der Waals surface area contributed by atoms with Crippen molar-refractivity contribution < 1.29 is 19.5 Å². The molecule has 0 spiro atoms. The molecule has 0 radical (unpaired) electrons. The first kappa shape index (κ1) is 25.1. The van der Waals surface area contributed by atoms with Crippen molar-refractivity contribution in [2.24, 2.45) is 5.73 Å². The number of nitrogens with one attached hydrogen (secondary N) is 3. The number of carboxylic acids is 1. The number of aromatic nitrogens is 1. The van der Waals surface area contributed by atoms with Gasteiger partial charge in [-0.15, -0.1) is 0 Å². The molecule has 0 aliphatic rings. The minimum atomic E-state index is -1.09. The number of amides is 2. The third-order valence-electron chi connectivity index (χ3n) is 4.92. The summed E-state index contributed by atoms with van der Waals surface area (Å²) in [4.78, 5) is 40.1. The van der Waals surface area contributed by atoms with Crippen LogP contribution in [0.2, 0.25) is 0 Å². The molecule has 8 nitrogen and oxygen atoms in total. The Balaban J connectivity index is 2.03. The van der Waals surface area contributed by atoms with Gasteiger partial charge in [0.25, 0.3) is 0 Å². The smallest absolute Gasteiger partial charge is 0.326 e. The zero-order valence-electron chi connectivity index (χ0n) is 17.7. The number of aromatic amines is 1. The van der Waals surface area contributed by atoms with Crippen LogP contribution in [-0.2, 0) is 20.8 Å². The van der Waals surface area contributed by atoms with Crippen molar-refractivity contribution >= 4 is 52.2 Å². The van der Waals surface area contributed by atoms with Gasteiger partial charge in [0.1, 0.15) is 12.1 Å². The van der Waals surface area contributed by atoms with Gasteiger partial charge < -0.3 is 26.5 Å². The van der Waals surface area contributed by atoms with Crippen LogP contribution >= 0.6 is 23.5 Å². The molecule has 0 saturated heterocycles. The van der Waals surface area contributed by atoms with E-state index in [2.05, 4.69) is 15.6 Å². The van der Waals surface area contributed by atoms with Crippen molar-refractivity contribution in [1.29, 1.82) is 0 Å². The molecule has 0 unspecified atom stereocenters. The standard InChI is InChI=1S/C21H30N4O4S2/c1-30-9-7-17(20(27)25-18(21(28)29)8-10-31-2)24-19(26)15(22)11-13-12-23-16-6-4-3-5-14(13)16/h3-6,12,15,17-18,23H,7-11,22H2,1-2H3,(H,24,26)(H,25,27)(H,28,29)/t15-,17-,18-/m0/s1. The first-order valence-electron chi connectivity index (χ1n) is 9.99. The first-order valence-corrected chi connectivity index (χ1v) is 12.8. The third-order valence-corrected chi connectivity index (χ3v) is 6.21. The maximum Gasteiger partial charge on any atom is 0.326 e. The van der Waals surface area contributed by atoms with Gasteiger partial charge in [-0.3, -0.25) is 9.59 Å². The van der Waals surface area contributed by atoms with Crippen molar-refractivity contribution in [3.63, 3.8) is 0 Å². The lowest BCUT2D eigenvalue weighted by molar-refractivity contribution is -0.142. The number of hydrogen-bond acceptors (Lipinski definition) is 6. The number of aliphatic carboxylic acids is 1. The molecule has 0 saturated carbocycles. The monoisotopic (exact) mass is 466 g/mol. The number of carboxylic acid groups (broad SMARTS) is 1. The Labute approximate surface area is 190 Å². The fourth-order valence-corrected chi connectivity index (χ4v) is 4.12. The highest BCUT2D eigenvalue weighted by molar-refractivity contribution is 7.98. The molecule has 1 aromatic carbocycles. The van der Waals surface area contributed by atoms with Gasteiger partial charge in [0, 0.05) is 17.1 Å². The van der Waals surface area contributed by atoms with Crippen LogP contribution in [0, 0.1) is 0 Å². The molecule has 6 N–H and O–H groups in total. The van der Waals surface area contributed by atoms with Crippen molar-refractivity contribution in [2.45, 2.75) is 37.4 Å². The maximum atomic E-state index is 12.7. The maximum absolute atomic E-state index is 12.7. The van der Waals surface area contributed by atoms with E-state index in [9.17, 15) is 19.5 Å². The molecule has 2 amide bonds. The number of benzene rings is 1. The second-order valence-electron chi connectivity index (χ2n) is 7.19. The van der Waals surface area contributed by atoms with Crippen LogP contribution in [0.1, 0.15) is 18.4 Å². The van der Waals surface area contributed by atoms with Crippen LogP contribution in [0.25, 0.3) is 10.9 Å². The van der Waals surface area contributed by atoms with Gasteiger partial charge in [0.05, 0.1) is 6.04 Å². The highest BCUT2D eigenvalue weighted by atomic mass is 32.2. The molecule has 170 valence electrons. The van der Waals surface area contributed by atoms with Crippen LogP contribution in [0.15, 0.2) is 30.5 Å². The van der Waals surface area contributed by atoms with Crippen molar-refractivity contribution in [2.75, 3.05) is 24.0 Å². The Morgan fingerprint density at radius 1 is 1.03 bits per heavy atom. The van der Waals surface area contributed by atoms with E-state index in [1.165, 1.54) is 11.8 Å². The summed E-state index contributed by atoms with van der Waals surface area (Å²) >= 11 is 3.05. The molecule has 1 aromatic heterocycles. The largest absolute Gasteiger partial charge is 0.480 e. The number of H-pyrrole nitrogens is 1. The van der Waals surface area contributed by atoms with E-state index in [1.54, 1.807) is 11.8 Å². The predicted molar refractivity (Wildman–Crippen MR) is 127 cm³/mol. The summed E-state index contributed by atoms with van der Waals surface area (Å²) in [5, 5.41) is 15.6. The number of carbonyl (C=O) groups is 3. The summed E-state index contributed by atoms with van der Waals surface area (Å²) in [6, 6.07) is 5.08. The minimum Gasteiger partial charge on any atom is -0.480 e. The third kappa shape index (κ3) is 7.48. The molecule has 0 aliphatic carbocycles. The van der Waals surface area contributed by atoms with Crippen molar-refractivity contribution in [3.05, 3.63) is 36.0 Å². The van der Waals surface area contributed by atoms with Crippen molar-refractivity contribution in [1.82, 2.24) is 15.6 Å². The molecule has 31 heavy (non-hydrogen) atoms. The summed E-state index contributed by atoms with van der Waals surface area (Å²) in [5.41, 5.74) is 8.02. The van der Waals surface area contributed by atoms with Crippen LogP contribution < -0.4 is 16.4 Å². The first-order chi connectivity index (χ1) is 14.9. The Morgan fingerprint density at radius 3 is 2.29 bits per heavy atom. The lowest BCUT2D eigenvalue weighted by Gasteiger charge is -2.22. The van der Waals surface area contributed by atoms with Gasteiger partial charge in [-0.25, -0.2) is 4.79 Å². The molecule has 0 fully saturated rings. The Hall–Kier alpha value is -2.17. The highest BCUT2D eigenvalue weighted by Crippen LogP contribution is 2.18. The van der Waals surface area contributed by atoms with E-state index in [1.807, 2.05) is 43.0 Å². The SMILES string of the molecule is CSCC[C@H](NC(=O)[C@H](CCSC)NC(=O)[C@@H](N)Cc1c[nH]c2ccccc12)C(=O)O. The van der Waals surface area contributed by atoms with Gasteiger partial charge >= 0.3 is 5.97 Å². The zero-order valence-corrected chi connectivity index (χ0v) is 19.4. The average Bonchev–Trinajstić information content (AvgIpc) is 3.16. The summed E-state index contributed by atoms with van der Waals surface area (Å²) in [5.74, 6) is -0.793. The number of nitrogens with two attached hydrogens (primary N) is 1. The second-order valence-corrected chi connectivity index (χ2v) is 9.16. The molecule has 10 heteroatoms. The summed E-state index contributed by atoms with van der Waals surface area (Å²) in [6.45, 7) is 0.